The largest absolute Gasteiger partial charge is 0.381 e. The van der Waals surface area contributed by atoms with Crippen molar-refractivity contribution in [3.8, 4) is 0 Å². The Morgan fingerprint density at radius 2 is 1.82 bits per heavy atom. The SMILES string of the molecule is CC(C)NCC(C)(C)COCC1CCCCC1. The second-order valence-electron chi connectivity index (χ2n) is 6.72. The van der Waals surface area contributed by atoms with Crippen molar-refractivity contribution in [2.45, 2.75) is 65.8 Å². The highest BCUT2D eigenvalue weighted by atomic mass is 16.5. The van der Waals surface area contributed by atoms with E-state index in [2.05, 4.69) is 33.0 Å². The Balaban J connectivity index is 2.10. The van der Waals surface area contributed by atoms with Gasteiger partial charge in [0, 0.05) is 24.6 Å². The molecule has 2 nitrogen and oxygen atoms in total. The van der Waals surface area contributed by atoms with Gasteiger partial charge in [-0.1, -0.05) is 47.0 Å². The van der Waals surface area contributed by atoms with Gasteiger partial charge >= 0.3 is 0 Å². The first kappa shape index (κ1) is 15.0. The zero-order valence-corrected chi connectivity index (χ0v) is 12.2. The maximum absolute atomic E-state index is 5.93. The standard InChI is InChI=1S/C15H31NO/c1-13(2)16-11-15(3,4)12-17-10-14-8-6-5-7-9-14/h13-14,16H,5-12H2,1-4H3. The normalized spacial score (nSPS) is 18.9. The van der Waals surface area contributed by atoms with Crippen LogP contribution in [0.3, 0.4) is 0 Å². The van der Waals surface area contributed by atoms with Gasteiger partial charge in [-0.15, -0.1) is 0 Å². The fourth-order valence-corrected chi connectivity index (χ4v) is 2.39. The van der Waals surface area contributed by atoms with Gasteiger partial charge in [-0.25, -0.2) is 0 Å². The maximum atomic E-state index is 5.93. The van der Waals surface area contributed by atoms with Crippen LogP contribution < -0.4 is 5.32 Å². The van der Waals surface area contributed by atoms with Crippen molar-refractivity contribution in [1.82, 2.24) is 5.32 Å². The van der Waals surface area contributed by atoms with Crippen LogP contribution in [0.1, 0.15) is 59.8 Å². The lowest BCUT2D eigenvalue weighted by Gasteiger charge is -2.28. The van der Waals surface area contributed by atoms with E-state index < -0.39 is 0 Å². The van der Waals surface area contributed by atoms with Gasteiger partial charge in [0.05, 0.1) is 6.61 Å². The second kappa shape index (κ2) is 7.38. The molecule has 102 valence electrons. The second-order valence-corrected chi connectivity index (χ2v) is 6.72. The highest BCUT2D eigenvalue weighted by molar-refractivity contribution is 4.73. The van der Waals surface area contributed by atoms with Crippen LogP contribution in [-0.4, -0.2) is 25.8 Å². The molecule has 1 fully saturated rings. The fourth-order valence-electron chi connectivity index (χ4n) is 2.39. The fraction of sp³-hybridized carbons (Fsp3) is 1.00. The first-order valence-electron chi connectivity index (χ1n) is 7.31. The van der Waals surface area contributed by atoms with E-state index in [1.165, 1.54) is 32.1 Å². The topological polar surface area (TPSA) is 21.3 Å². The highest BCUT2D eigenvalue weighted by Gasteiger charge is 2.20. The van der Waals surface area contributed by atoms with E-state index in [0.717, 1.165) is 25.7 Å². The van der Waals surface area contributed by atoms with E-state index in [1.807, 2.05) is 0 Å². The Hall–Kier alpha value is -0.0800. The molecule has 1 aliphatic rings. The average molecular weight is 241 g/mol. The van der Waals surface area contributed by atoms with Crippen LogP contribution >= 0.6 is 0 Å². The summed E-state index contributed by atoms with van der Waals surface area (Å²) >= 11 is 0. The van der Waals surface area contributed by atoms with Crippen LogP contribution in [0, 0.1) is 11.3 Å². The van der Waals surface area contributed by atoms with Gasteiger partial charge in [0.1, 0.15) is 0 Å². The van der Waals surface area contributed by atoms with Gasteiger partial charge in [-0.05, 0) is 18.8 Å². The zero-order chi connectivity index (χ0) is 12.7. The summed E-state index contributed by atoms with van der Waals surface area (Å²) in [7, 11) is 0. The van der Waals surface area contributed by atoms with Gasteiger partial charge in [0.25, 0.3) is 0 Å². The molecule has 0 radical (unpaired) electrons. The third-order valence-electron chi connectivity index (χ3n) is 3.56. The predicted molar refractivity (Wildman–Crippen MR) is 74.3 cm³/mol. The number of rotatable bonds is 7. The molecule has 0 heterocycles. The molecule has 0 atom stereocenters. The van der Waals surface area contributed by atoms with Crippen LogP contribution in [0.2, 0.25) is 0 Å². The Labute approximate surface area is 108 Å². The third kappa shape index (κ3) is 7.05. The average Bonchev–Trinajstić information content (AvgIpc) is 2.28. The Bertz CT molecular complexity index is 195. The highest BCUT2D eigenvalue weighted by Crippen LogP contribution is 2.24. The molecule has 1 rings (SSSR count). The molecule has 1 saturated carbocycles. The van der Waals surface area contributed by atoms with Crippen molar-refractivity contribution in [2.75, 3.05) is 19.8 Å². The van der Waals surface area contributed by atoms with Crippen LogP contribution in [0.15, 0.2) is 0 Å². The molecule has 0 amide bonds. The minimum Gasteiger partial charge on any atom is -0.381 e. The van der Waals surface area contributed by atoms with E-state index in [0.29, 0.717) is 6.04 Å². The molecule has 0 saturated heterocycles. The first-order chi connectivity index (χ1) is 7.99. The molecule has 0 unspecified atom stereocenters. The molecular weight excluding hydrogens is 210 g/mol. The van der Waals surface area contributed by atoms with Gasteiger partial charge < -0.3 is 10.1 Å². The Morgan fingerprint density at radius 3 is 2.41 bits per heavy atom. The molecule has 2 heteroatoms. The minimum atomic E-state index is 0.249. The number of hydrogen-bond acceptors (Lipinski definition) is 2. The smallest absolute Gasteiger partial charge is 0.0529 e. The van der Waals surface area contributed by atoms with Gasteiger partial charge in [0.2, 0.25) is 0 Å². The van der Waals surface area contributed by atoms with Crippen molar-refractivity contribution < 1.29 is 4.74 Å². The Kier molecular flexibility index (Phi) is 6.50. The van der Waals surface area contributed by atoms with Crippen LogP contribution in [0.5, 0.6) is 0 Å². The lowest BCUT2D eigenvalue weighted by Crippen LogP contribution is -2.37. The molecule has 1 aliphatic carbocycles. The molecule has 0 aromatic heterocycles. The van der Waals surface area contributed by atoms with Crippen molar-refractivity contribution in [1.29, 1.82) is 0 Å². The molecule has 0 spiro atoms. The van der Waals surface area contributed by atoms with Crippen molar-refractivity contribution in [3.63, 3.8) is 0 Å². The van der Waals surface area contributed by atoms with E-state index in [1.54, 1.807) is 0 Å². The van der Waals surface area contributed by atoms with E-state index in [-0.39, 0.29) is 5.41 Å². The summed E-state index contributed by atoms with van der Waals surface area (Å²) in [6.45, 7) is 11.8. The van der Waals surface area contributed by atoms with Crippen LogP contribution in [0.4, 0.5) is 0 Å². The molecule has 0 aliphatic heterocycles. The minimum absolute atomic E-state index is 0.249. The van der Waals surface area contributed by atoms with E-state index in [9.17, 15) is 0 Å². The van der Waals surface area contributed by atoms with E-state index in [4.69, 9.17) is 4.74 Å². The summed E-state index contributed by atoms with van der Waals surface area (Å²) < 4.78 is 5.93. The molecule has 0 aromatic rings. The van der Waals surface area contributed by atoms with E-state index >= 15 is 0 Å². The van der Waals surface area contributed by atoms with Crippen molar-refractivity contribution in [2.24, 2.45) is 11.3 Å². The molecule has 0 bridgehead atoms. The molecular formula is C15H31NO. The van der Waals surface area contributed by atoms with Gasteiger partial charge in [-0.2, -0.15) is 0 Å². The van der Waals surface area contributed by atoms with Crippen LogP contribution in [0.25, 0.3) is 0 Å². The summed E-state index contributed by atoms with van der Waals surface area (Å²) in [6.07, 6.45) is 7.01. The lowest BCUT2D eigenvalue weighted by atomic mass is 9.90. The summed E-state index contributed by atoms with van der Waals surface area (Å²) in [5.74, 6) is 0.831. The Morgan fingerprint density at radius 1 is 1.18 bits per heavy atom. The number of hydrogen-bond donors (Lipinski definition) is 1. The van der Waals surface area contributed by atoms with Crippen molar-refractivity contribution >= 4 is 0 Å². The first-order valence-corrected chi connectivity index (χ1v) is 7.31. The zero-order valence-electron chi connectivity index (χ0n) is 12.2. The number of nitrogens with one attached hydrogen (secondary N) is 1. The monoisotopic (exact) mass is 241 g/mol. The van der Waals surface area contributed by atoms with Crippen LogP contribution in [-0.2, 0) is 4.74 Å². The van der Waals surface area contributed by atoms with Gasteiger partial charge in [0.15, 0.2) is 0 Å². The summed E-state index contributed by atoms with van der Waals surface area (Å²) in [6, 6.07) is 0.563. The molecule has 0 aromatic carbocycles. The lowest BCUT2D eigenvalue weighted by molar-refractivity contribution is 0.0316. The molecule has 1 N–H and O–H groups in total. The van der Waals surface area contributed by atoms with Crippen molar-refractivity contribution in [3.05, 3.63) is 0 Å². The molecule has 17 heavy (non-hydrogen) atoms. The van der Waals surface area contributed by atoms with Gasteiger partial charge in [-0.3, -0.25) is 0 Å². The third-order valence-corrected chi connectivity index (χ3v) is 3.56. The number of ether oxygens (including phenoxy) is 1. The summed E-state index contributed by atoms with van der Waals surface area (Å²) in [5, 5.41) is 3.49. The quantitative estimate of drug-likeness (QED) is 0.735. The maximum Gasteiger partial charge on any atom is 0.0529 e. The summed E-state index contributed by atoms with van der Waals surface area (Å²) in [5.41, 5.74) is 0.249. The predicted octanol–water partition coefficient (Wildman–Crippen LogP) is 3.61. The summed E-state index contributed by atoms with van der Waals surface area (Å²) in [4.78, 5) is 0.